The molecule has 0 spiro atoms. The number of ether oxygens (including phenoxy) is 1. The fraction of sp³-hybridized carbons (Fsp3) is 0.500. The van der Waals surface area contributed by atoms with Gasteiger partial charge >= 0.3 is 0 Å². The van der Waals surface area contributed by atoms with Gasteiger partial charge in [0, 0.05) is 12.5 Å². The number of aliphatic hydroxyl groups excluding tert-OH is 1. The van der Waals surface area contributed by atoms with Crippen molar-refractivity contribution in [2.24, 2.45) is 0 Å². The highest BCUT2D eigenvalue weighted by Gasteiger charge is 2.22. The lowest BCUT2D eigenvalue weighted by Crippen LogP contribution is -2.28. The van der Waals surface area contributed by atoms with Gasteiger partial charge < -0.3 is 15.6 Å². The number of nitrogens with two attached hydrogens (primary N) is 1. The number of rotatable bonds is 2. The molecule has 1 aliphatic carbocycles. The number of benzene rings is 1. The molecule has 1 saturated carbocycles. The number of hydrogen-bond acceptors (Lipinski definition) is 3. The maximum absolute atomic E-state index is 13.0. The van der Waals surface area contributed by atoms with E-state index in [9.17, 15) is 9.50 Å². The monoisotopic (exact) mass is 225 g/mol. The summed E-state index contributed by atoms with van der Waals surface area (Å²) in [6, 6.07) is 4.08. The van der Waals surface area contributed by atoms with Gasteiger partial charge in [-0.25, -0.2) is 4.39 Å². The average molecular weight is 225 g/mol. The van der Waals surface area contributed by atoms with Crippen molar-refractivity contribution >= 4 is 5.69 Å². The zero-order valence-electron chi connectivity index (χ0n) is 9.03. The van der Waals surface area contributed by atoms with E-state index < -0.39 is 0 Å². The van der Waals surface area contributed by atoms with Crippen LogP contribution in [0.4, 0.5) is 10.1 Å². The summed E-state index contributed by atoms with van der Waals surface area (Å²) in [5, 5.41) is 9.50. The Morgan fingerprint density at radius 3 is 2.94 bits per heavy atom. The number of hydrogen-bond donors (Lipinski definition) is 2. The maximum atomic E-state index is 13.0. The third-order valence-corrected chi connectivity index (χ3v) is 2.87. The third kappa shape index (κ3) is 2.64. The normalized spacial score (nSPS) is 25.4. The largest absolute Gasteiger partial charge is 0.488 e. The first-order valence-electron chi connectivity index (χ1n) is 5.55. The molecule has 1 fully saturated rings. The molecule has 4 heteroatoms. The smallest absolute Gasteiger partial charge is 0.145 e. The summed E-state index contributed by atoms with van der Waals surface area (Å²) >= 11 is 0. The van der Waals surface area contributed by atoms with Crippen molar-refractivity contribution in [3.05, 3.63) is 24.0 Å². The van der Waals surface area contributed by atoms with Crippen LogP contribution in [0, 0.1) is 5.82 Å². The molecule has 2 atom stereocenters. The zero-order chi connectivity index (χ0) is 11.5. The van der Waals surface area contributed by atoms with Gasteiger partial charge in [0.2, 0.25) is 0 Å². The number of aliphatic hydroxyl groups is 1. The first-order valence-corrected chi connectivity index (χ1v) is 5.55. The van der Waals surface area contributed by atoms with Crippen molar-refractivity contribution in [2.75, 3.05) is 5.73 Å². The molecule has 0 heterocycles. The van der Waals surface area contributed by atoms with E-state index in [-0.39, 0.29) is 18.0 Å². The molecule has 0 aromatic heterocycles. The van der Waals surface area contributed by atoms with Gasteiger partial charge in [-0.1, -0.05) is 0 Å². The van der Waals surface area contributed by atoms with Crippen LogP contribution in [0.5, 0.6) is 5.75 Å². The minimum absolute atomic E-state index is 0.0622. The highest BCUT2D eigenvalue weighted by molar-refractivity contribution is 5.52. The van der Waals surface area contributed by atoms with Gasteiger partial charge in [0.05, 0.1) is 11.8 Å². The molecule has 0 aliphatic heterocycles. The lowest BCUT2D eigenvalue weighted by atomic mass is 9.95. The fourth-order valence-corrected chi connectivity index (χ4v) is 2.02. The van der Waals surface area contributed by atoms with Gasteiger partial charge in [0.1, 0.15) is 17.7 Å². The Morgan fingerprint density at radius 2 is 2.19 bits per heavy atom. The molecule has 3 N–H and O–H groups in total. The number of anilines is 1. The van der Waals surface area contributed by atoms with E-state index in [2.05, 4.69) is 0 Å². The van der Waals surface area contributed by atoms with Crippen molar-refractivity contribution < 1.29 is 14.2 Å². The van der Waals surface area contributed by atoms with E-state index in [1.807, 2.05) is 0 Å². The van der Waals surface area contributed by atoms with E-state index in [1.54, 1.807) is 0 Å². The summed E-state index contributed by atoms with van der Waals surface area (Å²) in [7, 11) is 0. The molecular weight excluding hydrogens is 209 g/mol. The Morgan fingerprint density at radius 1 is 1.38 bits per heavy atom. The summed E-state index contributed by atoms with van der Waals surface area (Å²) < 4.78 is 18.6. The van der Waals surface area contributed by atoms with Crippen molar-refractivity contribution in [3.63, 3.8) is 0 Å². The predicted molar refractivity (Wildman–Crippen MR) is 59.7 cm³/mol. The first kappa shape index (κ1) is 11.2. The lowest BCUT2D eigenvalue weighted by Gasteiger charge is -2.27. The Labute approximate surface area is 94.0 Å². The number of halogens is 1. The Bertz CT molecular complexity index is 370. The molecule has 16 heavy (non-hydrogen) atoms. The Kier molecular flexibility index (Phi) is 3.29. The summed E-state index contributed by atoms with van der Waals surface area (Å²) in [5.41, 5.74) is 6.12. The average Bonchev–Trinajstić information content (AvgIpc) is 2.24. The van der Waals surface area contributed by atoms with E-state index in [1.165, 1.54) is 18.2 Å². The quantitative estimate of drug-likeness (QED) is 0.758. The molecule has 0 saturated heterocycles. The first-order chi connectivity index (χ1) is 7.65. The Balaban J connectivity index is 2.05. The molecule has 88 valence electrons. The summed E-state index contributed by atoms with van der Waals surface area (Å²) in [5.74, 6) is 0.0136. The van der Waals surface area contributed by atoms with Gasteiger partial charge in [-0.2, -0.15) is 0 Å². The minimum atomic E-state index is -0.361. The van der Waals surface area contributed by atoms with Crippen LogP contribution in [0.1, 0.15) is 25.7 Å². The van der Waals surface area contributed by atoms with Crippen molar-refractivity contribution in [1.29, 1.82) is 0 Å². The van der Waals surface area contributed by atoms with Crippen LogP contribution in [-0.2, 0) is 0 Å². The lowest BCUT2D eigenvalue weighted by molar-refractivity contribution is 0.0539. The molecule has 2 rings (SSSR count). The van der Waals surface area contributed by atoms with Crippen LogP contribution in [0.15, 0.2) is 18.2 Å². The van der Waals surface area contributed by atoms with E-state index in [4.69, 9.17) is 10.5 Å². The third-order valence-electron chi connectivity index (χ3n) is 2.87. The van der Waals surface area contributed by atoms with Crippen LogP contribution in [0.3, 0.4) is 0 Å². The second kappa shape index (κ2) is 4.70. The highest BCUT2D eigenvalue weighted by Crippen LogP contribution is 2.28. The van der Waals surface area contributed by atoms with E-state index in [0.29, 0.717) is 17.9 Å². The van der Waals surface area contributed by atoms with E-state index >= 15 is 0 Å². The molecule has 3 nitrogen and oxygen atoms in total. The van der Waals surface area contributed by atoms with Crippen LogP contribution < -0.4 is 10.5 Å². The van der Waals surface area contributed by atoms with E-state index in [0.717, 1.165) is 19.3 Å². The second-order valence-corrected chi connectivity index (χ2v) is 4.24. The van der Waals surface area contributed by atoms with Crippen molar-refractivity contribution in [1.82, 2.24) is 0 Å². The maximum Gasteiger partial charge on any atom is 0.145 e. The standard InChI is InChI=1S/C12H16FNO2/c13-8-4-5-11(14)12(6-8)16-10-3-1-2-9(15)7-10/h4-6,9-10,15H,1-3,7,14H2/t9-,10?/m1/s1. The predicted octanol–water partition coefficient (Wildman–Crippen LogP) is 2.09. The fourth-order valence-electron chi connectivity index (χ4n) is 2.02. The van der Waals surface area contributed by atoms with Crippen LogP contribution in [-0.4, -0.2) is 17.3 Å². The van der Waals surface area contributed by atoms with Gasteiger partial charge in [0.15, 0.2) is 0 Å². The molecule has 0 amide bonds. The number of nitrogen functional groups attached to an aromatic ring is 1. The van der Waals surface area contributed by atoms with Gasteiger partial charge in [-0.15, -0.1) is 0 Å². The molecule has 1 aromatic carbocycles. The molecule has 0 bridgehead atoms. The van der Waals surface area contributed by atoms with Crippen LogP contribution in [0.2, 0.25) is 0 Å². The highest BCUT2D eigenvalue weighted by atomic mass is 19.1. The molecule has 1 unspecified atom stereocenters. The second-order valence-electron chi connectivity index (χ2n) is 4.24. The SMILES string of the molecule is Nc1ccc(F)cc1OC1CCC[C@@H](O)C1. The molecule has 1 aromatic rings. The summed E-state index contributed by atoms with van der Waals surface area (Å²) in [6.45, 7) is 0. The van der Waals surface area contributed by atoms with Crippen molar-refractivity contribution in [2.45, 2.75) is 37.9 Å². The minimum Gasteiger partial charge on any atom is -0.488 e. The summed E-state index contributed by atoms with van der Waals surface area (Å²) in [4.78, 5) is 0. The van der Waals surface area contributed by atoms with Crippen molar-refractivity contribution in [3.8, 4) is 5.75 Å². The van der Waals surface area contributed by atoms with Gasteiger partial charge in [-0.05, 0) is 31.4 Å². The van der Waals surface area contributed by atoms with Crippen LogP contribution >= 0.6 is 0 Å². The topological polar surface area (TPSA) is 55.5 Å². The van der Waals surface area contributed by atoms with Gasteiger partial charge in [0.25, 0.3) is 0 Å². The molecular formula is C12H16FNO2. The van der Waals surface area contributed by atoms with Gasteiger partial charge in [-0.3, -0.25) is 0 Å². The molecule has 1 aliphatic rings. The Hall–Kier alpha value is -1.29. The molecule has 0 radical (unpaired) electrons. The van der Waals surface area contributed by atoms with Crippen LogP contribution in [0.25, 0.3) is 0 Å². The summed E-state index contributed by atoms with van der Waals surface area (Å²) in [6.07, 6.45) is 2.85. The zero-order valence-corrected chi connectivity index (χ0v) is 9.03.